The first-order valence-corrected chi connectivity index (χ1v) is 7.39. The molecule has 0 spiro atoms. The van der Waals surface area contributed by atoms with E-state index in [1.807, 2.05) is 26.0 Å². The van der Waals surface area contributed by atoms with Gasteiger partial charge in [0.25, 0.3) is 0 Å². The van der Waals surface area contributed by atoms with Crippen LogP contribution in [0.1, 0.15) is 42.1 Å². The van der Waals surface area contributed by atoms with Gasteiger partial charge in [0, 0.05) is 24.9 Å². The van der Waals surface area contributed by atoms with Gasteiger partial charge in [-0.25, -0.2) is 0 Å². The molecule has 0 radical (unpaired) electrons. The second-order valence-electron chi connectivity index (χ2n) is 5.10. The first-order valence-electron chi connectivity index (χ1n) is 7.39. The Bertz CT molecular complexity index is 625. The number of pyridine rings is 1. The zero-order chi connectivity index (χ0) is 15.9. The molecule has 0 saturated heterocycles. The van der Waals surface area contributed by atoms with E-state index in [-0.39, 0.29) is 11.7 Å². The topological polar surface area (TPSA) is 48.4 Å². The Morgan fingerprint density at radius 3 is 2.59 bits per heavy atom. The second-order valence-corrected chi connectivity index (χ2v) is 5.10. The van der Waals surface area contributed by atoms with Crippen LogP contribution in [-0.4, -0.2) is 24.5 Å². The van der Waals surface area contributed by atoms with Gasteiger partial charge in [0.1, 0.15) is 11.5 Å². The lowest BCUT2D eigenvalue weighted by atomic mass is 9.93. The van der Waals surface area contributed by atoms with Gasteiger partial charge in [0.2, 0.25) is 0 Å². The summed E-state index contributed by atoms with van der Waals surface area (Å²) in [4.78, 5) is 16.6. The average molecular weight is 299 g/mol. The van der Waals surface area contributed by atoms with Crippen LogP contribution < -0.4 is 9.47 Å². The highest BCUT2D eigenvalue weighted by Crippen LogP contribution is 2.28. The van der Waals surface area contributed by atoms with Crippen molar-refractivity contribution in [1.82, 2.24) is 4.98 Å². The van der Waals surface area contributed by atoms with Crippen LogP contribution in [0.4, 0.5) is 0 Å². The van der Waals surface area contributed by atoms with Crippen molar-refractivity contribution in [3.8, 4) is 11.5 Å². The molecule has 1 heterocycles. The molecule has 116 valence electrons. The lowest BCUT2D eigenvalue weighted by Crippen LogP contribution is -2.08. The molecule has 2 rings (SSSR count). The van der Waals surface area contributed by atoms with E-state index >= 15 is 0 Å². The number of methoxy groups -OCH3 is 1. The molecule has 1 unspecified atom stereocenters. The molecule has 0 bridgehead atoms. The minimum absolute atomic E-state index is 0.0652. The van der Waals surface area contributed by atoms with Crippen LogP contribution in [-0.2, 0) is 0 Å². The lowest BCUT2D eigenvalue weighted by Gasteiger charge is -2.14. The van der Waals surface area contributed by atoms with Crippen molar-refractivity contribution >= 4 is 5.78 Å². The molecule has 1 aromatic heterocycles. The third kappa shape index (κ3) is 3.85. The maximum Gasteiger partial charge on any atom is 0.167 e. The van der Waals surface area contributed by atoms with E-state index in [1.165, 1.54) is 0 Å². The summed E-state index contributed by atoms with van der Waals surface area (Å²) in [5, 5.41) is 0. The molecule has 4 nitrogen and oxygen atoms in total. The molecule has 2 aromatic rings. The molecular formula is C18H21NO3. The standard InChI is InChI=1S/C18H21NO3/c1-4-22-18-12-15(21-3)5-6-16(18)17(20)11-13(2)14-7-9-19-10-8-14/h5-10,12-13H,4,11H2,1-3H3. The number of rotatable bonds is 7. The van der Waals surface area contributed by atoms with E-state index in [0.29, 0.717) is 30.1 Å². The van der Waals surface area contributed by atoms with Crippen molar-refractivity contribution in [3.05, 3.63) is 53.9 Å². The number of carbonyl (C=O) groups is 1. The lowest BCUT2D eigenvalue weighted by molar-refractivity contribution is 0.0972. The van der Waals surface area contributed by atoms with Gasteiger partial charge in [-0.15, -0.1) is 0 Å². The molecule has 0 aliphatic carbocycles. The van der Waals surface area contributed by atoms with Gasteiger partial charge >= 0.3 is 0 Å². The Hall–Kier alpha value is -2.36. The SMILES string of the molecule is CCOc1cc(OC)ccc1C(=O)CC(C)c1ccncc1. The zero-order valence-corrected chi connectivity index (χ0v) is 13.2. The highest BCUT2D eigenvalue weighted by Gasteiger charge is 2.17. The van der Waals surface area contributed by atoms with Crippen molar-refractivity contribution in [2.75, 3.05) is 13.7 Å². The van der Waals surface area contributed by atoms with Gasteiger partial charge in [-0.2, -0.15) is 0 Å². The molecular weight excluding hydrogens is 278 g/mol. The Balaban J connectivity index is 2.18. The van der Waals surface area contributed by atoms with E-state index in [0.717, 1.165) is 5.56 Å². The summed E-state index contributed by atoms with van der Waals surface area (Å²) >= 11 is 0. The Kier molecular flexibility index (Phi) is 5.53. The fourth-order valence-electron chi connectivity index (χ4n) is 2.33. The number of nitrogens with zero attached hydrogens (tertiary/aromatic N) is 1. The van der Waals surface area contributed by atoms with Crippen LogP contribution in [0.15, 0.2) is 42.7 Å². The first kappa shape index (κ1) is 16.0. The molecule has 1 aromatic carbocycles. The predicted molar refractivity (Wildman–Crippen MR) is 85.8 cm³/mol. The predicted octanol–water partition coefficient (Wildman–Crippen LogP) is 3.87. The number of Topliss-reactive ketones (excluding diaryl/α,β-unsaturated/α-hetero) is 1. The Morgan fingerprint density at radius 1 is 1.23 bits per heavy atom. The van der Waals surface area contributed by atoms with Gasteiger partial charge in [0.15, 0.2) is 5.78 Å². The molecule has 22 heavy (non-hydrogen) atoms. The summed E-state index contributed by atoms with van der Waals surface area (Å²) in [6.07, 6.45) is 3.92. The number of benzene rings is 1. The molecule has 0 amide bonds. The van der Waals surface area contributed by atoms with Crippen LogP contribution in [0.25, 0.3) is 0 Å². The number of hydrogen-bond acceptors (Lipinski definition) is 4. The average Bonchev–Trinajstić information content (AvgIpc) is 2.55. The van der Waals surface area contributed by atoms with Crippen LogP contribution >= 0.6 is 0 Å². The van der Waals surface area contributed by atoms with E-state index < -0.39 is 0 Å². The van der Waals surface area contributed by atoms with Crippen molar-refractivity contribution in [2.45, 2.75) is 26.2 Å². The number of aromatic nitrogens is 1. The summed E-state index contributed by atoms with van der Waals surface area (Å²) in [5.74, 6) is 1.46. The largest absolute Gasteiger partial charge is 0.497 e. The van der Waals surface area contributed by atoms with E-state index in [1.54, 1.807) is 37.7 Å². The maximum atomic E-state index is 12.6. The third-order valence-corrected chi connectivity index (χ3v) is 3.56. The monoisotopic (exact) mass is 299 g/mol. The molecule has 4 heteroatoms. The number of carbonyl (C=O) groups excluding carboxylic acids is 1. The summed E-state index contributed by atoms with van der Waals surface area (Å²) in [7, 11) is 1.60. The van der Waals surface area contributed by atoms with Gasteiger partial charge in [-0.1, -0.05) is 6.92 Å². The fourth-order valence-corrected chi connectivity index (χ4v) is 2.33. The van der Waals surface area contributed by atoms with Crippen molar-refractivity contribution < 1.29 is 14.3 Å². The van der Waals surface area contributed by atoms with Gasteiger partial charge in [0.05, 0.1) is 19.3 Å². The number of hydrogen-bond donors (Lipinski definition) is 0. The molecule has 1 atom stereocenters. The zero-order valence-electron chi connectivity index (χ0n) is 13.2. The quantitative estimate of drug-likeness (QED) is 0.728. The van der Waals surface area contributed by atoms with Crippen LogP contribution in [0.5, 0.6) is 11.5 Å². The highest BCUT2D eigenvalue weighted by molar-refractivity contribution is 5.99. The second kappa shape index (κ2) is 7.59. The highest BCUT2D eigenvalue weighted by atomic mass is 16.5. The maximum absolute atomic E-state index is 12.6. The van der Waals surface area contributed by atoms with E-state index in [9.17, 15) is 4.79 Å². The van der Waals surface area contributed by atoms with E-state index in [2.05, 4.69) is 4.98 Å². The number of ketones is 1. The smallest absolute Gasteiger partial charge is 0.167 e. The minimum atomic E-state index is 0.0652. The van der Waals surface area contributed by atoms with Gasteiger partial charge in [-0.05, 0) is 42.7 Å². The number of ether oxygens (including phenoxy) is 2. The van der Waals surface area contributed by atoms with Gasteiger partial charge < -0.3 is 9.47 Å². The summed E-state index contributed by atoms with van der Waals surface area (Å²) < 4.78 is 10.8. The normalized spacial score (nSPS) is 11.8. The van der Waals surface area contributed by atoms with Crippen molar-refractivity contribution in [1.29, 1.82) is 0 Å². The molecule has 0 fully saturated rings. The molecule has 0 saturated carbocycles. The summed E-state index contributed by atoms with van der Waals surface area (Å²) in [6.45, 7) is 4.44. The fraction of sp³-hybridized carbons (Fsp3) is 0.333. The third-order valence-electron chi connectivity index (χ3n) is 3.56. The summed E-state index contributed by atoms with van der Waals surface area (Å²) in [5.41, 5.74) is 1.71. The molecule has 0 aliphatic rings. The van der Waals surface area contributed by atoms with Crippen molar-refractivity contribution in [2.24, 2.45) is 0 Å². The summed E-state index contributed by atoms with van der Waals surface area (Å²) in [6, 6.07) is 9.19. The first-order chi connectivity index (χ1) is 10.7. The molecule has 0 aliphatic heterocycles. The van der Waals surface area contributed by atoms with E-state index in [4.69, 9.17) is 9.47 Å². The minimum Gasteiger partial charge on any atom is -0.497 e. The Morgan fingerprint density at radius 2 is 1.95 bits per heavy atom. The molecule has 0 N–H and O–H groups in total. The Labute approximate surface area is 131 Å². The van der Waals surface area contributed by atoms with Crippen molar-refractivity contribution in [3.63, 3.8) is 0 Å². The van der Waals surface area contributed by atoms with Crippen LogP contribution in [0.3, 0.4) is 0 Å². The van der Waals surface area contributed by atoms with Gasteiger partial charge in [-0.3, -0.25) is 9.78 Å². The van der Waals surface area contributed by atoms with Crippen LogP contribution in [0.2, 0.25) is 0 Å². The van der Waals surface area contributed by atoms with Crippen LogP contribution in [0, 0.1) is 0 Å².